The van der Waals surface area contributed by atoms with Gasteiger partial charge in [-0.25, -0.2) is 4.39 Å². The molecule has 4 rings (SSSR count). The van der Waals surface area contributed by atoms with Gasteiger partial charge in [-0.05, 0) is 37.2 Å². The highest BCUT2D eigenvalue weighted by molar-refractivity contribution is 5.83. The first-order chi connectivity index (χ1) is 11.2. The normalized spacial score (nSPS) is 26.4. The van der Waals surface area contributed by atoms with Gasteiger partial charge < -0.3 is 9.80 Å². The molecule has 0 bridgehead atoms. The molecular weight excluding hydrogens is 293 g/mol. The van der Waals surface area contributed by atoms with Crippen LogP contribution in [-0.4, -0.2) is 42.0 Å². The lowest BCUT2D eigenvalue weighted by atomic mass is 10.0. The number of halogens is 1. The molecule has 1 aliphatic heterocycles. The predicted molar refractivity (Wildman–Crippen MR) is 86.6 cm³/mol. The minimum Gasteiger partial charge on any atom is -0.367 e. The SMILES string of the molecule is O=C(C1CC12CCCC2)N1CCCN(c2ccncc2F)CC1. The molecule has 1 atom stereocenters. The third-order valence-corrected chi connectivity index (χ3v) is 5.99. The Bertz CT molecular complexity index is 600. The van der Waals surface area contributed by atoms with Crippen molar-refractivity contribution in [1.29, 1.82) is 0 Å². The van der Waals surface area contributed by atoms with E-state index in [2.05, 4.69) is 4.98 Å². The van der Waals surface area contributed by atoms with Crippen LogP contribution in [0.5, 0.6) is 0 Å². The molecule has 1 aromatic heterocycles. The Morgan fingerprint density at radius 3 is 2.78 bits per heavy atom. The smallest absolute Gasteiger partial charge is 0.226 e. The first-order valence-electron chi connectivity index (χ1n) is 8.83. The molecule has 0 N–H and O–H groups in total. The number of carbonyl (C=O) groups is 1. The zero-order valence-electron chi connectivity index (χ0n) is 13.5. The number of amides is 1. The summed E-state index contributed by atoms with van der Waals surface area (Å²) in [5.41, 5.74) is 0.966. The number of anilines is 1. The molecule has 1 spiro atoms. The van der Waals surface area contributed by atoms with Crippen LogP contribution >= 0.6 is 0 Å². The lowest BCUT2D eigenvalue weighted by Gasteiger charge is -2.24. The van der Waals surface area contributed by atoms with Crippen LogP contribution in [0.1, 0.15) is 38.5 Å². The second-order valence-corrected chi connectivity index (χ2v) is 7.32. The van der Waals surface area contributed by atoms with E-state index >= 15 is 0 Å². The average Bonchev–Trinajstić information content (AvgIpc) is 3.15. The molecule has 5 heteroatoms. The molecule has 3 fully saturated rings. The van der Waals surface area contributed by atoms with Crippen molar-refractivity contribution in [3.8, 4) is 0 Å². The Balaban J connectivity index is 1.40. The van der Waals surface area contributed by atoms with Crippen molar-refractivity contribution in [3.05, 3.63) is 24.3 Å². The number of rotatable bonds is 2. The van der Waals surface area contributed by atoms with Crippen molar-refractivity contribution in [2.75, 3.05) is 31.1 Å². The van der Waals surface area contributed by atoms with Crippen LogP contribution in [0.3, 0.4) is 0 Å². The molecule has 1 amide bonds. The Morgan fingerprint density at radius 1 is 1.17 bits per heavy atom. The van der Waals surface area contributed by atoms with E-state index in [1.165, 1.54) is 31.9 Å². The maximum Gasteiger partial charge on any atom is 0.226 e. The minimum atomic E-state index is -0.278. The maximum absolute atomic E-state index is 13.9. The van der Waals surface area contributed by atoms with Crippen molar-refractivity contribution in [2.24, 2.45) is 11.3 Å². The summed E-state index contributed by atoms with van der Waals surface area (Å²) >= 11 is 0. The fourth-order valence-electron chi connectivity index (χ4n) is 4.55. The van der Waals surface area contributed by atoms with Gasteiger partial charge in [0.05, 0.1) is 11.9 Å². The van der Waals surface area contributed by atoms with Gasteiger partial charge >= 0.3 is 0 Å². The van der Waals surface area contributed by atoms with E-state index in [-0.39, 0.29) is 11.7 Å². The summed E-state index contributed by atoms with van der Waals surface area (Å²) in [6, 6.07) is 1.72. The van der Waals surface area contributed by atoms with Gasteiger partial charge in [-0.15, -0.1) is 0 Å². The van der Waals surface area contributed by atoms with Gasteiger partial charge in [-0.3, -0.25) is 9.78 Å². The van der Waals surface area contributed by atoms with Gasteiger partial charge in [-0.1, -0.05) is 12.8 Å². The molecule has 2 heterocycles. The second-order valence-electron chi connectivity index (χ2n) is 7.32. The van der Waals surface area contributed by atoms with Crippen LogP contribution in [0.15, 0.2) is 18.5 Å². The largest absolute Gasteiger partial charge is 0.367 e. The Kier molecular flexibility index (Phi) is 3.74. The highest BCUT2D eigenvalue weighted by atomic mass is 19.1. The van der Waals surface area contributed by atoms with Crippen LogP contribution in [0.2, 0.25) is 0 Å². The minimum absolute atomic E-state index is 0.272. The Labute approximate surface area is 136 Å². The third kappa shape index (κ3) is 2.70. The van der Waals surface area contributed by atoms with Crippen LogP contribution in [-0.2, 0) is 4.79 Å². The number of hydrogen-bond acceptors (Lipinski definition) is 3. The summed E-state index contributed by atoms with van der Waals surface area (Å²) in [5.74, 6) is 0.345. The molecule has 3 aliphatic rings. The molecule has 0 radical (unpaired) electrons. The molecule has 23 heavy (non-hydrogen) atoms. The molecule has 0 aromatic carbocycles. The first-order valence-corrected chi connectivity index (χ1v) is 8.83. The van der Waals surface area contributed by atoms with Crippen molar-refractivity contribution in [1.82, 2.24) is 9.88 Å². The molecule has 1 saturated heterocycles. The van der Waals surface area contributed by atoms with Gasteiger partial charge in [0.1, 0.15) is 0 Å². The quantitative estimate of drug-likeness (QED) is 0.841. The zero-order valence-corrected chi connectivity index (χ0v) is 13.5. The number of carbonyl (C=O) groups excluding carboxylic acids is 1. The number of hydrogen-bond donors (Lipinski definition) is 0. The van der Waals surface area contributed by atoms with Gasteiger partial charge in [0.15, 0.2) is 5.82 Å². The maximum atomic E-state index is 13.9. The predicted octanol–water partition coefficient (Wildman–Crippen LogP) is 2.84. The molecular formula is C18H24FN3O. The molecule has 2 saturated carbocycles. The molecule has 4 nitrogen and oxygen atoms in total. The number of pyridine rings is 1. The van der Waals surface area contributed by atoms with E-state index in [4.69, 9.17) is 0 Å². The summed E-state index contributed by atoms with van der Waals surface area (Å²) in [7, 11) is 0. The lowest BCUT2D eigenvalue weighted by Crippen LogP contribution is -2.37. The van der Waals surface area contributed by atoms with Crippen molar-refractivity contribution in [2.45, 2.75) is 38.5 Å². The van der Waals surface area contributed by atoms with Gasteiger partial charge in [0, 0.05) is 38.3 Å². The van der Waals surface area contributed by atoms with E-state index in [9.17, 15) is 9.18 Å². The molecule has 1 unspecified atom stereocenters. The Hall–Kier alpha value is -1.65. The number of nitrogens with zero attached hydrogens (tertiary/aromatic N) is 3. The highest BCUT2D eigenvalue weighted by Crippen LogP contribution is 2.63. The third-order valence-electron chi connectivity index (χ3n) is 5.99. The zero-order chi connectivity index (χ0) is 15.9. The molecule has 124 valence electrons. The summed E-state index contributed by atoms with van der Waals surface area (Å²) < 4.78 is 13.9. The van der Waals surface area contributed by atoms with Crippen molar-refractivity contribution in [3.63, 3.8) is 0 Å². The van der Waals surface area contributed by atoms with Crippen molar-refractivity contribution < 1.29 is 9.18 Å². The summed E-state index contributed by atoms with van der Waals surface area (Å²) in [4.78, 5) is 20.7. The van der Waals surface area contributed by atoms with E-state index in [1.54, 1.807) is 12.3 Å². The van der Waals surface area contributed by atoms with Crippen LogP contribution in [0, 0.1) is 17.2 Å². The van der Waals surface area contributed by atoms with E-state index in [1.807, 2.05) is 9.80 Å². The second kappa shape index (κ2) is 5.77. The summed E-state index contributed by atoms with van der Waals surface area (Å²) in [5, 5.41) is 0. The van der Waals surface area contributed by atoms with Gasteiger partial charge in [0.2, 0.25) is 5.91 Å². The highest BCUT2D eigenvalue weighted by Gasteiger charge is 2.59. The monoisotopic (exact) mass is 317 g/mol. The van der Waals surface area contributed by atoms with Crippen LogP contribution in [0.25, 0.3) is 0 Å². The molecule has 2 aliphatic carbocycles. The van der Waals surface area contributed by atoms with E-state index in [0.717, 1.165) is 25.9 Å². The average molecular weight is 317 g/mol. The van der Waals surface area contributed by atoms with Crippen LogP contribution in [0.4, 0.5) is 10.1 Å². The van der Waals surface area contributed by atoms with Gasteiger partial charge in [-0.2, -0.15) is 0 Å². The molecule has 1 aromatic rings. The number of aromatic nitrogens is 1. The fraction of sp³-hybridized carbons (Fsp3) is 0.667. The summed E-state index contributed by atoms with van der Waals surface area (Å²) in [6.07, 6.45) is 9.95. The standard InChI is InChI=1S/C18H24FN3O/c19-15-13-20-7-4-16(15)21-8-3-9-22(11-10-21)17(23)14-12-18(14)5-1-2-6-18/h4,7,13-14H,1-3,5-6,8-12H2. The van der Waals surface area contributed by atoms with Crippen LogP contribution < -0.4 is 4.90 Å². The van der Waals surface area contributed by atoms with E-state index in [0.29, 0.717) is 30.1 Å². The summed E-state index contributed by atoms with van der Waals surface area (Å²) in [6.45, 7) is 2.99. The van der Waals surface area contributed by atoms with Crippen molar-refractivity contribution >= 4 is 11.6 Å². The Morgan fingerprint density at radius 2 is 2.00 bits per heavy atom. The van der Waals surface area contributed by atoms with E-state index < -0.39 is 0 Å². The first kappa shape index (κ1) is 14.9. The van der Waals surface area contributed by atoms with Gasteiger partial charge in [0.25, 0.3) is 0 Å². The topological polar surface area (TPSA) is 36.4 Å². The fourth-order valence-corrected chi connectivity index (χ4v) is 4.55. The lowest BCUT2D eigenvalue weighted by molar-refractivity contribution is -0.133.